The third-order valence-electron chi connectivity index (χ3n) is 6.05. The minimum atomic E-state index is -0.590. The summed E-state index contributed by atoms with van der Waals surface area (Å²) in [5, 5.41) is 1.48. The fraction of sp³-hybridized carbons (Fsp3) is 0.389. The van der Waals surface area contributed by atoms with Crippen molar-refractivity contribution >= 4 is 40.9 Å². The van der Waals surface area contributed by atoms with Crippen LogP contribution >= 0.6 is 23.2 Å². The van der Waals surface area contributed by atoms with E-state index in [0.717, 1.165) is 11.4 Å². The lowest BCUT2D eigenvalue weighted by Gasteiger charge is -2.37. The molecule has 1 saturated heterocycles. The third kappa shape index (κ3) is 2.06. The fourth-order valence-electron chi connectivity index (χ4n) is 4.90. The standard InChI is InChI=1S/C18H14Cl2N2O3/c19-7-1-2-10(13(20)5-7)16(23)21-22-17(24)14-8-3-4-9(12-6-11(8)12)15(14)18(22)25/h1-5,8-9,11-12,14-15H,6H2,(H,21,23)/t8-,9-,11-,12+,14+,15+/m1/s1. The summed E-state index contributed by atoms with van der Waals surface area (Å²) < 4.78 is 0. The first-order valence-electron chi connectivity index (χ1n) is 8.29. The Bertz CT molecular complexity index is 832. The van der Waals surface area contributed by atoms with E-state index in [1.54, 1.807) is 0 Å². The second-order valence-corrected chi connectivity index (χ2v) is 8.08. The average molecular weight is 377 g/mol. The Hall–Kier alpha value is -1.85. The van der Waals surface area contributed by atoms with Crippen molar-refractivity contribution in [3.8, 4) is 0 Å². The lowest BCUT2D eigenvalue weighted by atomic mass is 9.63. The second kappa shape index (κ2) is 5.08. The van der Waals surface area contributed by atoms with Gasteiger partial charge in [0.15, 0.2) is 0 Å². The Morgan fingerprint density at radius 1 is 1.04 bits per heavy atom. The van der Waals surface area contributed by atoms with Crippen molar-refractivity contribution in [2.45, 2.75) is 6.42 Å². The van der Waals surface area contributed by atoms with E-state index in [9.17, 15) is 14.4 Å². The van der Waals surface area contributed by atoms with Crippen LogP contribution in [-0.2, 0) is 9.59 Å². The van der Waals surface area contributed by atoms with E-state index in [-0.39, 0.29) is 46.1 Å². The lowest BCUT2D eigenvalue weighted by Crippen LogP contribution is -2.47. The maximum absolute atomic E-state index is 12.8. The highest BCUT2D eigenvalue weighted by atomic mass is 35.5. The summed E-state index contributed by atoms with van der Waals surface area (Å²) in [6.07, 6.45) is 5.28. The first-order chi connectivity index (χ1) is 12.0. The van der Waals surface area contributed by atoms with E-state index in [1.807, 2.05) is 0 Å². The molecule has 1 N–H and O–H groups in total. The average Bonchev–Trinajstić information content (AvgIpc) is 3.36. The van der Waals surface area contributed by atoms with Crippen molar-refractivity contribution in [1.82, 2.24) is 10.4 Å². The van der Waals surface area contributed by atoms with Crippen LogP contribution in [0.25, 0.3) is 0 Å². The monoisotopic (exact) mass is 376 g/mol. The normalized spacial score (nSPS) is 37.1. The maximum atomic E-state index is 12.8. The van der Waals surface area contributed by atoms with Gasteiger partial charge in [0.05, 0.1) is 22.4 Å². The smallest absolute Gasteiger partial charge is 0.271 e. The molecule has 2 saturated carbocycles. The van der Waals surface area contributed by atoms with Gasteiger partial charge in [-0.25, -0.2) is 0 Å². The van der Waals surface area contributed by atoms with Crippen molar-refractivity contribution in [3.63, 3.8) is 0 Å². The quantitative estimate of drug-likeness (QED) is 0.637. The number of carbonyl (C=O) groups is 3. The van der Waals surface area contributed by atoms with E-state index in [0.29, 0.717) is 16.9 Å². The molecule has 4 aliphatic carbocycles. The number of hydrogen-bond acceptors (Lipinski definition) is 3. The minimum absolute atomic E-state index is 0.123. The van der Waals surface area contributed by atoms with Crippen LogP contribution in [0.3, 0.4) is 0 Å². The summed E-state index contributed by atoms with van der Waals surface area (Å²) in [6.45, 7) is 0. The van der Waals surface area contributed by atoms with E-state index in [1.165, 1.54) is 18.2 Å². The number of rotatable bonds is 2. The molecule has 5 aliphatic rings. The van der Waals surface area contributed by atoms with Gasteiger partial charge in [0.25, 0.3) is 17.7 Å². The van der Waals surface area contributed by atoms with E-state index in [4.69, 9.17) is 23.2 Å². The number of amides is 3. The van der Waals surface area contributed by atoms with Crippen molar-refractivity contribution in [1.29, 1.82) is 0 Å². The molecule has 1 aliphatic heterocycles. The first-order valence-corrected chi connectivity index (χ1v) is 9.05. The van der Waals surface area contributed by atoms with Crippen molar-refractivity contribution in [2.24, 2.45) is 35.5 Å². The summed E-state index contributed by atoms with van der Waals surface area (Å²) in [5.74, 6) is -0.595. The van der Waals surface area contributed by atoms with E-state index < -0.39 is 5.91 Å². The van der Waals surface area contributed by atoms with Crippen LogP contribution in [0.15, 0.2) is 30.4 Å². The first kappa shape index (κ1) is 15.4. The topological polar surface area (TPSA) is 66.5 Å². The van der Waals surface area contributed by atoms with E-state index >= 15 is 0 Å². The summed E-state index contributed by atoms with van der Waals surface area (Å²) in [5.41, 5.74) is 2.62. The van der Waals surface area contributed by atoms with Gasteiger partial charge in [-0.2, -0.15) is 5.01 Å². The molecule has 3 fully saturated rings. The minimum Gasteiger partial charge on any atom is -0.272 e. The number of hydrogen-bond donors (Lipinski definition) is 1. The molecule has 3 amide bonds. The molecule has 0 aromatic heterocycles. The number of nitrogens with one attached hydrogen (secondary N) is 1. The lowest BCUT2D eigenvalue weighted by molar-refractivity contribution is -0.143. The molecule has 6 atom stereocenters. The Kier molecular flexibility index (Phi) is 3.13. The molecule has 1 heterocycles. The molecule has 0 unspecified atom stereocenters. The maximum Gasteiger partial charge on any atom is 0.271 e. The Morgan fingerprint density at radius 2 is 1.64 bits per heavy atom. The van der Waals surface area contributed by atoms with Crippen molar-refractivity contribution in [2.75, 3.05) is 0 Å². The predicted octanol–water partition coefficient (Wildman–Crippen LogP) is 2.69. The van der Waals surface area contributed by atoms with Gasteiger partial charge >= 0.3 is 0 Å². The zero-order valence-corrected chi connectivity index (χ0v) is 14.5. The number of halogens is 2. The summed E-state index contributed by atoms with van der Waals surface area (Å²) >= 11 is 11.9. The molecule has 1 aromatic rings. The number of benzene rings is 1. The number of imide groups is 1. The fourth-order valence-corrected chi connectivity index (χ4v) is 5.40. The van der Waals surface area contributed by atoms with Gasteiger partial charge in [-0.05, 0) is 48.3 Å². The zero-order valence-electron chi connectivity index (χ0n) is 13.0. The number of hydrazine groups is 1. The molecule has 0 spiro atoms. The van der Waals surface area contributed by atoms with Gasteiger partial charge in [0.1, 0.15) is 0 Å². The highest BCUT2D eigenvalue weighted by molar-refractivity contribution is 6.36. The van der Waals surface area contributed by atoms with Crippen LogP contribution in [0.5, 0.6) is 0 Å². The molecule has 7 heteroatoms. The molecular formula is C18H14Cl2N2O3. The molecule has 6 rings (SSSR count). The van der Waals surface area contributed by atoms with Crippen LogP contribution in [0, 0.1) is 35.5 Å². The van der Waals surface area contributed by atoms with Gasteiger partial charge in [0.2, 0.25) is 0 Å². The Morgan fingerprint density at radius 3 is 2.20 bits per heavy atom. The van der Waals surface area contributed by atoms with E-state index in [2.05, 4.69) is 17.6 Å². The van der Waals surface area contributed by atoms with Crippen LogP contribution in [0.2, 0.25) is 10.0 Å². The van der Waals surface area contributed by atoms with Crippen LogP contribution < -0.4 is 5.43 Å². The largest absolute Gasteiger partial charge is 0.272 e. The van der Waals surface area contributed by atoms with Gasteiger partial charge < -0.3 is 0 Å². The van der Waals surface area contributed by atoms with Crippen molar-refractivity contribution in [3.05, 3.63) is 46.0 Å². The van der Waals surface area contributed by atoms with Gasteiger partial charge in [-0.3, -0.25) is 19.8 Å². The Labute approximate surface area is 153 Å². The molecule has 2 bridgehead atoms. The van der Waals surface area contributed by atoms with Gasteiger partial charge in [-0.15, -0.1) is 0 Å². The highest BCUT2D eigenvalue weighted by Crippen LogP contribution is 2.65. The molecular weight excluding hydrogens is 363 g/mol. The molecule has 25 heavy (non-hydrogen) atoms. The van der Waals surface area contributed by atoms with Crippen LogP contribution in [-0.4, -0.2) is 22.7 Å². The number of nitrogens with zero attached hydrogens (tertiary/aromatic N) is 1. The SMILES string of the molecule is O=C(NN1C(=O)[C@H]2[C@@H]3C=C[C@H]([C@@H]4C[C@H]34)[C@@H]2C1=O)c1ccc(Cl)cc1Cl. The van der Waals surface area contributed by atoms with Crippen LogP contribution in [0.4, 0.5) is 0 Å². The van der Waals surface area contributed by atoms with Crippen LogP contribution in [0.1, 0.15) is 16.8 Å². The molecule has 5 nitrogen and oxygen atoms in total. The number of allylic oxidation sites excluding steroid dienone is 2. The highest BCUT2D eigenvalue weighted by Gasteiger charge is 2.67. The summed E-state index contributed by atoms with van der Waals surface area (Å²) in [7, 11) is 0. The van der Waals surface area contributed by atoms with Crippen molar-refractivity contribution < 1.29 is 14.4 Å². The zero-order chi connectivity index (χ0) is 17.5. The third-order valence-corrected chi connectivity index (χ3v) is 6.60. The molecule has 0 radical (unpaired) electrons. The molecule has 128 valence electrons. The predicted molar refractivity (Wildman–Crippen MR) is 90.5 cm³/mol. The number of carbonyl (C=O) groups excluding carboxylic acids is 3. The summed E-state index contributed by atoms with van der Waals surface area (Å²) in [6, 6.07) is 4.45. The van der Waals surface area contributed by atoms with Gasteiger partial charge in [-0.1, -0.05) is 35.4 Å². The summed E-state index contributed by atoms with van der Waals surface area (Å²) in [4.78, 5) is 38.1. The second-order valence-electron chi connectivity index (χ2n) is 7.23. The molecule has 1 aromatic carbocycles. The van der Waals surface area contributed by atoms with Gasteiger partial charge in [0, 0.05) is 5.02 Å². The Balaban J connectivity index is 1.42.